The monoisotopic (exact) mass is 463 g/mol. The second-order valence-electron chi connectivity index (χ2n) is 8.23. The third kappa shape index (κ3) is 4.60. The smallest absolute Gasteiger partial charge is 0.311 e. The van der Waals surface area contributed by atoms with E-state index >= 15 is 0 Å². The topological polar surface area (TPSA) is 55.8 Å². The maximum absolute atomic E-state index is 13.6. The average molecular weight is 464 g/mol. The van der Waals surface area contributed by atoms with Gasteiger partial charge in [-0.15, -0.1) is 0 Å². The number of carbonyl (C=O) groups excluding carboxylic acids is 2. The molecule has 170 valence electrons. The van der Waals surface area contributed by atoms with Gasteiger partial charge in [0.2, 0.25) is 5.91 Å². The van der Waals surface area contributed by atoms with Crippen LogP contribution in [0.15, 0.2) is 72.8 Å². The third-order valence-corrected chi connectivity index (χ3v) is 6.51. The fraction of sp³-hybridized carbons (Fsp3) is 0.259. The molecule has 3 aromatic rings. The van der Waals surface area contributed by atoms with Gasteiger partial charge in [0.05, 0.1) is 26.2 Å². The van der Waals surface area contributed by atoms with Crippen LogP contribution < -0.4 is 9.64 Å². The molecule has 0 spiro atoms. The first kappa shape index (κ1) is 22.9. The molecule has 3 atom stereocenters. The lowest BCUT2D eigenvalue weighted by Gasteiger charge is -2.44. The van der Waals surface area contributed by atoms with Gasteiger partial charge in [0.15, 0.2) is 0 Å². The first-order chi connectivity index (χ1) is 15.9. The summed E-state index contributed by atoms with van der Waals surface area (Å²) in [6.07, 6.45) is 0.182. The highest BCUT2D eigenvalue weighted by Gasteiger charge is 2.48. The highest BCUT2D eigenvalue weighted by Crippen LogP contribution is 2.47. The first-order valence-corrected chi connectivity index (χ1v) is 11.2. The average Bonchev–Trinajstić information content (AvgIpc) is 2.84. The number of amides is 1. The Kier molecular flexibility index (Phi) is 6.70. The van der Waals surface area contributed by atoms with Crippen molar-refractivity contribution in [1.82, 2.24) is 0 Å². The van der Waals surface area contributed by atoms with Crippen molar-refractivity contribution >= 4 is 29.2 Å². The molecule has 1 aliphatic heterocycles. The summed E-state index contributed by atoms with van der Waals surface area (Å²) in [5.41, 5.74) is 3.55. The van der Waals surface area contributed by atoms with Gasteiger partial charge in [0, 0.05) is 23.0 Å². The zero-order valence-corrected chi connectivity index (χ0v) is 19.6. The van der Waals surface area contributed by atoms with Crippen molar-refractivity contribution in [2.45, 2.75) is 25.3 Å². The summed E-state index contributed by atoms with van der Waals surface area (Å²) in [6.45, 7) is 2.00. The van der Waals surface area contributed by atoms with Crippen molar-refractivity contribution in [3.63, 3.8) is 0 Å². The number of carbonyl (C=O) groups is 2. The minimum absolute atomic E-state index is 0.0558. The number of hydrogen-bond acceptors (Lipinski definition) is 4. The summed E-state index contributed by atoms with van der Waals surface area (Å²) in [5, 5.41) is 0.600. The Morgan fingerprint density at radius 1 is 0.909 bits per heavy atom. The van der Waals surface area contributed by atoms with Crippen LogP contribution in [0.25, 0.3) is 0 Å². The Labute approximate surface area is 198 Å². The van der Waals surface area contributed by atoms with E-state index in [2.05, 4.69) is 0 Å². The number of halogens is 1. The molecule has 1 fully saturated rings. The van der Waals surface area contributed by atoms with E-state index in [0.29, 0.717) is 10.8 Å². The molecular formula is C27H26ClNO4. The molecule has 0 unspecified atom stereocenters. The first-order valence-electron chi connectivity index (χ1n) is 10.8. The number of hydrogen-bond donors (Lipinski definition) is 0. The van der Waals surface area contributed by atoms with Gasteiger partial charge in [0.1, 0.15) is 5.75 Å². The zero-order chi connectivity index (χ0) is 23.5. The maximum Gasteiger partial charge on any atom is 0.311 e. The number of ether oxygens (including phenoxy) is 2. The fourth-order valence-electron chi connectivity index (χ4n) is 4.58. The summed E-state index contributed by atoms with van der Waals surface area (Å²) >= 11 is 6.10. The molecule has 1 saturated heterocycles. The van der Waals surface area contributed by atoms with E-state index in [0.717, 1.165) is 22.4 Å². The summed E-state index contributed by atoms with van der Waals surface area (Å²) < 4.78 is 10.6. The Morgan fingerprint density at radius 3 is 2.09 bits per heavy atom. The number of methoxy groups -OCH3 is 2. The quantitative estimate of drug-likeness (QED) is 0.455. The largest absolute Gasteiger partial charge is 0.497 e. The number of nitrogens with zero attached hydrogens (tertiary/aromatic N) is 1. The van der Waals surface area contributed by atoms with Crippen LogP contribution in [0.5, 0.6) is 5.75 Å². The highest BCUT2D eigenvalue weighted by molar-refractivity contribution is 6.30. The molecule has 5 nitrogen and oxygen atoms in total. The number of rotatable bonds is 5. The molecule has 3 aromatic carbocycles. The molecule has 1 aliphatic rings. The van der Waals surface area contributed by atoms with Gasteiger partial charge in [-0.25, -0.2) is 0 Å². The second-order valence-corrected chi connectivity index (χ2v) is 8.66. The predicted molar refractivity (Wildman–Crippen MR) is 129 cm³/mol. The van der Waals surface area contributed by atoms with Crippen LogP contribution >= 0.6 is 11.6 Å². The van der Waals surface area contributed by atoms with Crippen LogP contribution in [0, 0.1) is 12.8 Å². The number of piperidine rings is 1. The molecule has 4 rings (SSSR count). The third-order valence-electron chi connectivity index (χ3n) is 6.26. The lowest BCUT2D eigenvalue weighted by molar-refractivity contribution is -0.148. The van der Waals surface area contributed by atoms with Gasteiger partial charge in [-0.05, 0) is 54.4 Å². The number of esters is 1. The van der Waals surface area contributed by atoms with Crippen molar-refractivity contribution in [3.8, 4) is 5.75 Å². The molecular weight excluding hydrogens is 438 g/mol. The van der Waals surface area contributed by atoms with Crippen LogP contribution in [-0.2, 0) is 14.3 Å². The van der Waals surface area contributed by atoms with Gasteiger partial charge in [-0.2, -0.15) is 0 Å². The summed E-state index contributed by atoms with van der Waals surface area (Å²) in [5.74, 6) is -0.675. The van der Waals surface area contributed by atoms with Gasteiger partial charge in [0.25, 0.3) is 0 Å². The van der Waals surface area contributed by atoms with Gasteiger partial charge in [-0.3, -0.25) is 9.59 Å². The van der Waals surface area contributed by atoms with E-state index in [4.69, 9.17) is 21.1 Å². The zero-order valence-electron chi connectivity index (χ0n) is 18.8. The lowest BCUT2D eigenvalue weighted by Crippen LogP contribution is -2.49. The van der Waals surface area contributed by atoms with Gasteiger partial charge < -0.3 is 14.4 Å². The number of benzene rings is 3. The second kappa shape index (κ2) is 9.67. The minimum atomic E-state index is -0.608. The number of anilines is 1. The molecule has 0 bridgehead atoms. The van der Waals surface area contributed by atoms with E-state index in [9.17, 15) is 9.59 Å². The lowest BCUT2D eigenvalue weighted by atomic mass is 9.73. The molecule has 33 heavy (non-hydrogen) atoms. The van der Waals surface area contributed by atoms with E-state index in [1.807, 2.05) is 67.6 Å². The van der Waals surface area contributed by atoms with E-state index in [1.165, 1.54) is 7.11 Å². The summed E-state index contributed by atoms with van der Waals surface area (Å²) in [6, 6.07) is 22.0. The predicted octanol–water partition coefficient (Wildman–Crippen LogP) is 5.71. The SMILES string of the molecule is COC(=O)[C@H]1[C@@H](c2ccc(Cl)cc2)CC(=O)N(c2ccc(C)cc2)[C@@H]1c1ccc(OC)cc1. The Balaban J connectivity index is 1.88. The Hall–Kier alpha value is -3.31. The van der Waals surface area contributed by atoms with Crippen molar-refractivity contribution in [1.29, 1.82) is 0 Å². The normalized spacial score (nSPS) is 20.4. The summed E-state index contributed by atoms with van der Waals surface area (Å²) in [7, 11) is 2.99. The van der Waals surface area contributed by atoms with Crippen LogP contribution in [0.4, 0.5) is 5.69 Å². The van der Waals surface area contributed by atoms with Crippen molar-refractivity contribution < 1.29 is 19.1 Å². The molecule has 1 amide bonds. The Morgan fingerprint density at radius 2 is 1.52 bits per heavy atom. The molecule has 0 radical (unpaired) electrons. The van der Waals surface area contributed by atoms with Crippen LogP contribution in [-0.4, -0.2) is 26.1 Å². The fourth-order valence-corrected chi connectivity index (χ4v) is 4.71. The standard InChI is InChI=1S/C27H26ClNO4/c1-17-4-12-21(13-5-17)29-24(30)16-23(18-6-10-20(28)11-7-18)25(27(31)33-3)26(29)19-8-14-22(32-2)15-9-19/h4-15,23,25-26H,16H2,1-3H3/t23-,25+,26-/m1/s1. The molecule has 6 heteroatoms. The highest BCUT2D eigenvalue weighted by atomic mass is 35.5. The van der Waals surface area contributed by atoms with Crippen molar-refractivity contribution in [3.05, 3.63) is 94.5 Å². The van der Waals surface area contributed by atoms with E-state index in [1.54, 1.807) is 24.1 Å². The van der Waals surface area contributed by atoms with Crippen LogP contribution in [0.2, 0.25) is 5.02 Å². The van der Waals surface area contributed by atoms with Crippen molar-refractivity contribution in [2.75, 3.05) is 19.1 Å². The molecule has 0 saturated carbocycles. The maximum atomic E-state index is 13.6. The molecule has 0 aliphatic carbocycles. The Bertz CT molecular complexity index is 1130. The molecule has 0 aromatic heterocycles. The van der Waals surface area contributed by atoms with Crippen molar-refractivity contribution in [2.24, 2.45) is 5.92 Å². The van der Waals surface area contributed by atoms with Crippen LogP contribution in [0.3, 0.4) is 0 Å². The molecule has 0 N–H and O–H groups in total. The van der Waals surface area contributed by atoms with E-state index in [-0.39, 0.29) is 24.2 Å². The summed E-state index contributed by atoms with van der Waals surface area (Å²) in [4.78, 5) is 28.6. The molecule has 1 heterocycles. The van der Waals surface area contributed by atoms with Gasteiger partial charge in [-0.1, -0.05) is 53.6 Å². The van der Waals surface area contributed by atoms with Crippen LogP contribution in [0.1, 0.15) is 35.1 Å². The minimum Gasteiger partial charge on any atom is -0.497 e. The van der Waals surface area contributed by atoms with E-state index < -0.39 is 12.0 Å². The van der Waals surface area contributed by atoms with Gasteiger partial charge >= 0.3 is 5.97 Å². The number of aryl methyl sites for hydroxylation is 1.